The van der Waals surface area contributed by atoms with Crippen LogP contribution in [0, 0.1) is 0 Å². The SMILES string of the molecule is COc1cc(C(c2nnnn2C2CCCCC2)N2CCN(C)CC2)cc(OC)c1OC.Cl. The Labute approximate surface area is 196 Å². The lowest BCUT2D eigenvalue weighted by Crippen LogP contribution is -2.47. The van der Waals surface area contributed by atoms with Crippen molar-refractivity contribution in [2.45, 2.75) is 44.2 Å². The van der Waals surface area contributed by atoms with Gasteiger partial charge in [0, 0.05) is 26.2 Å². The predicted molar refractivity (Wildman–Crippen MR) is 124 cm³/mol. The van der Waals surface area contributed by atoms with Gasteiger partial charge in [-0.2, -0.15) is 0 Å². The van der Waals surface area contributed by atoms with Gasteiger partial charge in [-0.3, -0.25) is 4.90 Å². The van der Waals surface area contributed by atoms with Crippen LogP contribution in [0.3, 0.4) is 0 Å². The third-order valence-corrected chi connectivity index (χ3v) is 6.59. The van der Waals surface area contributed by atoms with Gasteiger partial charge in [0.2, 0.25) is 5.75 Å². The number of halogens is 1. The van der Waals surface area contributed by atoms with Crippen LogP contribution in [-0.4, -0.2) is 84.6 Å². The van der Waals surface area contributed by atoms with E-state index in [4.69, 9.17) is 14.2 Å². The minimum absolute atomic E-state index is 0. The lowest BCUT2D eigenvalue weighted by atomic mass is 9.95. The van der Waals surface area contributed by atoms with Gasteiger partial charge in [-0.15, -0.1) is 17.5 Å². The van der Waals surface area contributed by atoms with E-state index < -0.39 is 0 Å². The van der Waals surface area contributed by atoms with E-state index >= 15 is 0 Å². The molecule has 1 unspecified atom stereocenters. The van der Waals surface area contributed by atoms with E-state index in [-0.39, 0.29) is 18.4 Å². The fourth-order valence-electron chi connectivity index (χ4n) is 4.83. The number of nitrogens with zero attached hydrogens (tertiary/aromatic N) is 6. The number of rotatable bonds is 7. The molecular weight excluding hydrogens is 432 g/mol. The predicted octanol–water partition coefficient (Wildman–Crippen LogP) is 2.96. The number of benzene rings is 1. The van der Waals surface area contributed by atoms with Crippen LogP contribution in [0.2, 0.25) is 0 Å². The molecular formula is C22H35ClN6O3. The number of aromatic nitrogens is 4. The zero-order chi connectivity index (χ0) is 21.8. The summed E-state index contributed by atoms with van der Waals surface area (Å²) in [4.78, 5) is 4.82. The van der Waals surface area contributed by atoms with Gasteiger partial charge in [-0.1, -0.05) is 19.3 Å². The molecule has 10 heteroatoms. The molecule has 1 aliphatic heterocycles. The zero-order valence-corrected chi connectivity index (χ0v) is 20.3. The lowest BCUT2D eigenvalue weighted by Gasteiger charge is -2.38. The van der Waals surface area contributed by atoms with Crippen molar-refractivity contribution in [2.24, 2.45) is 0 Å². The van der Waals surface area contributed by atoms with Crippen LogP contribution in [0.5, 0.6) is 17.2 Å². The highest BCUT2D eigenvalue weighted by Crippen LogP contribution is 2.42. The number of tetrazole rings is 1. The standard InChI is InChI=1S/C22H34N6O3.ClH/c1-26-10-12-27(13-11-26)20(16-14-18(29-2)21(31-4)19(15-16)30-3)22-23-24-25-28(22)17-8-6-5-7-9-17;/h14-15,17,20H,5-13H2,1-4H3;1H. The molecule has 178 valence electrons. The van der Waals surface area contributed by atoms with Crippen molar-refractivity contribution in [3.8, 4) is 17.2 Å². The van der Waals surface area contributed by atoms with E-state index in [0.29, 0.717) is 23.3 Å². The number of likely N-dealkylation sites (N-methyl/N-ethyl adjacent to an activating group) is 1. The van der Waals surface area contributed by atoms with Crippen molar-refractivity contribution in [2.75, 3.05) is 54.6 Å². The van der Waals surface area contributed by atoms with Crippen LogP contribution in [0.1, 0.15) is 55.6 Å². The Morgan fingerprint density at radius 2 is 1.53 bits per heavy atom. The second-order valence-electron chi connectivity index (χ2n) is 8.47. The molecule has 4 rings (SSSR count). The van der Waals surface area contributed by atoms with E-state index in [0.717, 1.165) is 50.4 Å². The van der Waals surface area contributed by atoms with Crippen molar-refractivity contribution in [1.82, 2.24) is 30.0 Å². The van der Waals surface area contributed by atoms with Crippen LogP contribution < -0.4 is 14.2 Å². The Bertz CT molecular complexity index is 840. The van der Waals surface area contributed by atoms with E-state index in [2.05, 4.69) is 37.1 Å². The molecule has 2 heterocycles. The van der Waals surface area contributed by atoms with Crippen molar-refractivity contribution in [3.63, 3.8) is 0 Å². The second-order valence-corrected chi connectivity index (χ2v) is 8.47. The molecule has 2 aromatic rings. The first kappa shape index (κ1) is 24.5. The Balaban J connectivity index is 0.00000289. The number of methoxy groups -OCH3 is 3. The number of ether oxygens (including phenoxy) is 3. The van der Waals surface area contributed by atoms with Gasteiger partial charge in [-0.25, -0.2) is 4.68 Å². The van der Waals surface area contributed by atoms with E-state index in [9.17, 15) is 0 Å². The topological polar surface area (TPSA) is 77.8 Å². The number of hydrogen-bond acceptors (Lipinski definition) is 8. The summed E-state index contributed by atoms with van der Waals surface area (Å²) in [5.74, 6) is 2.78. The monoisotopic (exact) mass is 466 g/mol. The van der Waals surface area contributed by atoms with Gasteiger partial charge in [0.15, 0.2) is 17.3 Å². The first-order chi connectivity index (χ1) is 15.2. The molecule has 2 aliphatic rings. The van der Waals surface area contributed by atoms with Crippen molar-refractivity contribution in [1.29, 1.82) is 0 Å². The van der Waals surface area contributed by atoms with Gasteiger partial charge >= 0.3 is 0 Å². The molecule has 0 bridgehead atoms. The molecule has 2 fully saturated rings. The molecule has 1 aromatic carbocycles. The summed E-state index contributed by atoms with van der Waals surface area (Å²) >= 11 is 0. The molecule has 9 nitrogen and oxygen atoms in total. The Kier molecular flexibility index (Phi) is 8.56. The number of hydrogen-bond donors (Lipinski definition) is 0. The third kappa shape index (κ3) is 4.94. The lowest BCUT2D eigenvalue weighted by molar-refractivity contribution is 0.119. The third-order valence-electron chi connectivity index (χ3n) is 6.59. The summed E-state index contributed by atoms with van der Waals surface area (Å²) in [7, 11) is 7.09. The first-order valence-corrected chi connectivity index (χ1v) is 11.2. The molecule has 1 saturated heterocycles. The molecule has 0 amide bonds. The van der Waals surface area contributed by atoms with Gasteiger partial charge in [0.25, 0.3) is 0 Å². The maximum atomic E-state index is 5.65. The summed E-state index contributed by atoms with van der Waals surface area (Å²) in [6, 6.07) is 4.34. The summed E-state index contributed by atoms with van der Waals surface area (Å²) in [6.07, 6.45) is 6.01. The van der Waals surface area contributed by atoms with Crippen LogP contribution >= 0.6 is 12.4 Å². The molecule has 32 heavy (non-hydrogen) atoms. The summed E-state index contributed by atoms with van der Waals surface area (Å²) in [6.45, 7) is 3.89. The normalized spacial score (nSPS) is 19.2. The van der Waals surface area contributed by atoms with Gasteiger partial charge in [0.05, 0.1) is 33.4 Å². The van der Waals surface area contributed by atoms with E-state index in [1.807, 2.05) is 12.1 Å². The number of piperazine rings is 1. The van der Waals surface area contributed by atoms with Gasteiger partial charge in [-0.05, 0) is 48.0 Å². The highest BCUT2D eigenvalue weighted by Gasteiger charge is 2.33. The van der Waals surface area contributed by atoms with Crippen molar-refractivity contribution in [3.05, 3.63) is 23.5 Å². The summed E-state index contributed by atoms with van der Waals surface area (Å²) in [5.41, 5.74) is 1.05. The van der Waals surface area contributed by atoms with Crippen LogP contribution in [-0.2, 0) is 0 Å². The van der Waals surface area contributed by atoms with Crippen LogP contribution in [0.4, 0.5) is 0 Å². The summed E-state index contributed by atoms with van der Waals surface area (Å²) < 4.78 is 18.9. The van der Waals surface area contributed by atoms with E-state index in [1.54, 1.807) is 21.3 Å². The highest BCUT2D eigenvalue weighted by molar-refractivity contribution is 5.85. The molecule has 1 aromatic heterocycles. The summed E-state index contributed by atoms with van der Waals surface area (Å²) in [5, 5.41) is 13.1. The quantitative estimate of drug-likeness (QED) is 0.616. The van der Waals surface area contributed by atoms with Gasteiger partial charge in [0.1, 0.15) is 0 Å². The molecule has 1 saturated carbocycles. The molecule has 0 radical (unpaired) electrons. The minimum atomic E-state index is -0.0840. The fraction of sp³-hybridized carbons (Fsp3) is 0.682. The Morgan fingerprint density at radius 1 is 0.906 bits per heavy atom. The zero-order valence-electron chi connectivity index (χ0n) is 19.5. The average molecular weight is 467 g/mol. The van der Waals surface area contributed by atoms with Gasteiger partial charge < -0.3 is 19.1 Å². The molecule has 1 atom stereocenters. The minimum Gasteiger partial charge on any atom is -0.493 e. The Hall–Kier alpha value is -2.10. The largest absolute Gasteiger partial charge is 0.493 e. The molecule has 0 spiro atoms. The first-order valence-electron chi connectivity index (χ1n) is 11.2. The maximum Gasteiger partial charge on any atom is 0.203 e. The molecule has 1 aliphatic carbocycles. The van der Waals surface area contributed by atoms with E-state index in [1.165, 1.54) is 19.3 Å². The van der Waals surface area contributed by atoms with Crippen LogP contribution in [0.25, 0.3) is 0 Å². The van der Waals surface area contributed by atoms with Crippen LogP contribution in [0.15, 0.2) is 12.1 Å². The molecule has 0 N–H and O–H groups in total. The smallest absolute Gasteiger partial charge is 0.203 e. The second kappa shape index (κ2) is 11.2. The van der Waals surface area contributed by atoms with Crippen molar-refractivity contribution < 1.29 is 14.2 Å². The maximum absolute atomic E-state index is 5.65. The Morgan fingerprint density at radius 3 is 2.09 bits per heavy atom. The fourth-order valence-corrected chi connectivity index (χ4v) is 4.83. The average Bonchev–Trinajstić information content (AvgIpc) is 3.29. The van der Waals surface area contributed by atoms with Crippen molar-refractivity contribution >= 4 is 12.4 Å². The highest BCUT2D eigenvalue weighted by atomic mass is 35.5.